The second-order valence-electron chi connectivity index (χ2n) is 11.7. The highest BCUT2D eigenvalue weighted by molar-refractivity contribution is 6.01. The smallest absolute Gasteiger partial charge is 0.310 e. The van der Waals surface area contributed by atoms with Crippen molar-refractivity contribution in [2.75, 3.05) is 6.61 Å². The number of ether oxygens (including phenoxy) is 1. The van der Waals surface area contributed by atoms with Gasteiger partial charge in [-0.3, -0.25) is 14.4 Å². The Hall–Kier alpha value is -3.08. The summed E-state index contributed by atoms with van der Waals surface area (Å²) in [5, 5.41) is 32.1. The summed E-state index contributed by atoms with van der Waals surface area (Å²) in [6.07, 6.45) is 7.20. The molecule has 2 N–H and O–H groups in total. The molecule has 3 fully saturated rings. The Morgan fingerprint density at radius 2 is 1.92 bits per heavy atom. The molecule has 7 nitrogen and oxygen atoms in total. The van der Waals surface area contributed by atoms with Crippen LogP contribution in [0.15, 0.2) is 48.1 Å². The summed E-state index contributed by atoms with van der Waals surface area (Å²) in [6, 6.07) is 8.58. The second-order valence-corrected chi connectivity index (χ2v) is 11.7. The average molecular weight is 504 g/mol. The van der Waals surface area contributed by atoms with Crippen LogP contribution >= 0.6 is 0 Å². The van der Waals surface area contributed by atoms with Crippen LogP contribution in [-0.4, -0.2) is 46.1 Å². The third-order valence-electron chi connectivity index (χ3n) is 9.90. The first kappa shape index (κ1) is 25.6. The van der Waals surface area contributed by atoms with Gasteiger partial charge in [0.15, 0.2) is 12.4 Å². The van der Waals surface area contributed by atoms with Gasteiger partial charge in [-0.25, -0.2) is 0 Å². The first-order chi connectivity index (χ1) is 17.5. The normalized spacial score (nSPS) is 38.0. The summed E-state index contributed by atoms with van der Waals surface area (Å²) in [5.74, 6) is -1.07. The van der Waals surface area contributed by atoms with Gasteiger partial charge in [-0.2, -0.15) is 5.26 Å². The zero-order valence-electron chi connectivity index (χ0n) is 21.3. The van der Waals surface area contributed by atoms with E-state index in [9.17, 15) is 24.6 Å². The van der Waals surface area contributed by atoms with Crippen LogP contribution < -0.4 is 0 Å². The fourth-order valence-electron chi connectivity index (χ4n) is 7.97. The van der Waals surface area contributed by atoms with E-state index in [-0.39, 0.29) is 42.8 Å². The molecule has 5 unspecified atom stereocenters. The zero-order chi connectivity index (χ0) is 26.6. The molecule has 0 aliphatic heterocycles. The highest BCUT2D eigenvalue weighted by Crippen LogP contribution is 2.67. The van der Waals surface area contributed by atoms with E-state index < -0.39 is 40.9 Å². The van der Waals surface area contributed by atoms with Crippen molar-refractivity contribution in [3.8, 4) is 6.07 Å². The van der Waals surface area contributed by atoms with Crippen molar-refractivity contribution in [3.63, 3.8) is 0 Å². The number of aliphatic hydroxyl groups excluding tert-OH is 1. The number of rotatable bonds is 5. The Bertz CT molecular complexity index is 1240. The van der Waals surface area contributed by atoms with Crippen molar-refractivity contribution in [1.82, 2.24) is 0 Å². The SMILES string of the molecule is CC12C=CC(=O)C=C1CCC1C2[C@@H](O)CC2(C)C1CC[C@]2(O)C(=O)COC(=O)Cc1ccc(C#N)cc1. The monoisotopic (exact) mass is 503 g/mol. The molecule has 0 amide bonds. The molecule has 7 atom stereocenters. The Labute approximate surface area is 216 Å². The minimum atomic E-state index is -1.69. The summed E-state index contributed by atoms with van der Waals surface area (Å²) in [4.78, 5) is 37.7. The van der Waals surface area contributed by atoms with E-state index in [0.29, 0.717) is 17.5 Å². The standard InChI is InChI=1S/C30H33NO6/c1-28-11-9-21(32)14-20(28)7-8-22-23-10-12-30(36,29(23,2)15-24(33)27(22)28)25(34)17-37-26(35)13-18-3-5-19(16-31)6-4-18/h3-6,9,11,14,22-24,27,33,36H,7-8,10,12-13,15,17H2,1-2H3/t22?,23?,24-,27?,28?,29?,30-/m0/s1. The number of carbonyl (C=O) groups is 3. The second kappa shape index (κ2) is 9.04. The number of allylic oxidation sites excluding steroid dienone is 4. The lowest BCUT2D eigenvalue weighted by atomic mass is 9.46. The molecule has 0 bridgehead atoms. The molecule has 0 spiro atoms. The predicted octanol–water partition coefficient (Wildman–Crippen LogP) is 3.22. The van der Waals surface area contributed by atoms with E-state index in [1.807, 2.05) is 19.1 Å². The third kappa shape index (κ3) is 3.98. The molecule has 0 radical (unpaired) electrons. The summed E-state index contributed by atoms with van der Waals surface area (Å²) in [5.41, 5.74) is -0.722. The Kier molecular flexibility index (Phi) is 6.24. The lowest BCUT2D eigenvalue weighted by Crippen LogP contribution is -2.61. The highest BCUT2D eigenvalue weighted by Gasteiger charge is 2.68. The molecule has 7 heteroatoms. The number of nitrogens with zero attached hydrogens (tertiary/aromatic N) is 1. The first-order valence-corrected chi connectivity index (χ1v) is 13.0. The average Bonchev–Trinajstić information content (AvgIpc) is 3.14. The van der Waals surface area contributed by atoms with Crippen molar-refractivity contribution < 1.29 is 29.3 Å². The molecule has 5 rings (SSSR count). The number of ketones is 2. The molecule has 0 saturated heterocycles. The van der Waals surface area contributed by atoms with Gasteiger partial charge in [0, 0.05) is 16.7 Å². The van der Waals surface area contributed by atoms with Crippen LogP contribution in [0.5, 0.6) is 0 Å². The summed E-state index contributed by atoms with van der Waals surface area (Å²) in [7, 11) is 0. The molecule has 0 aromatic heterocycles. The first-order valence-electron chi connectivity index (χ1n) is 13.0. The van der Waals surface area contributed by atoms with Gasteiger partial charge in [0.1, 0.15) is 5.60 Å². The number of esters is 1. The fraction of sp³-hybridized carbons (Fsp3) is 0.533. The predicted molar refractivity (Wildman–Crippen MR) is 134 cm³/mol. The van der Waals surface area contributed by atoms with Crippen LogP contribution in [0, 0.1) is 39.9 Å². The number of hydrogen-bond acceptors (Lipinski definition) is 7. The Morgan fingerprint density at radius 1 is 1.19 bits per heavy atom. The molecule has 1 aromatic rings. The molecular weight excluding hydrogens is 470 g/mol. The maximum atomic E-state index is 13.4. The van der Waals surface area contributed by atoms with E-state index in [0.717, 1.165) is 18.4 Å². The van der Waals surface area contributed by atoms with E-state index in [1.54, 1.807) is 36.4 Å². The molecule has 0 heterocycles. The van der Waals surface area contributed by atoms with Gasteiger partial charge >= 0.3 is 5.97 Å². The van der Waals surface area contributed by atoms with Crippen LogP contribution in [-0.2, 0) is 25.5 Å². The number of benzene rings is 1. The van der Waals surface area contributed by atoms with Crippen LogP contribution in [0.4, 0.5) is 0 Å². The van der Waals surface area contributed by atoms with E-state index >= 15 is 0 Å². The van der Waals surface area contributed by atoms with Gasteiger partial charge in [0.2, 0.25) is 5.78 Å². The Balaban J connectivity index is 1.30. The van der Waals surface area contributed by atoms with Crippen LogP contribution in [0.2, 0.25) is 0 Å². The van der Waals surface area contributed by atoms with Crippen molar-refractivity contribution in [2.24, 2.45) is 28.6 Å². The Morgan fingerprint density at radius 3 is 2.62 bits per heavy atom. The van der Waals surface area contributed by atoms with Gasteiger partial charge in [-0.15, -0.1) is 0 Å². The third-order valence-corrected chi connectivity index (χ3v) is 9.90. The fourth-order valence-corrected chi connectivity index (χ4v) is 7.97. The van der Waals surface area contributed by atoms with Crippen molar-refractivity contribution in [1.29, 1.82) is 5.26 Å². The van der Waals surface area contributed by atoms with E-state index in [1.165, 1.54) is 0 Å². The highest BCUT2D eigenvalue weighted by atomic mass is 16.5. The number of carbonyl (C=O) groups excluding carboxylic acids is 3. The van der Waals surface area contributed by atoms with Crippen LogP contribution in [0.3, 0.4) is 0 Å². The molecule has 4 aliphatic carbocycles. The van der Waals surface area contributed by atoms with Gasteiger partial charge in [0.25, 0.3) is 0 Å². The zero-order valence-corrected chi connectivity index (χ0v) is 21.3. The minimum Gasteiger partial charge on any atom is -0.457 e. The van der Waals surface area contributed by atoms with Gasteiger partial charge in [-0.1, -0.05) is 37.6 Å². The maximum Gasteiger partial charge on any atom is 0.310 e. The quantitative estimate of drug-likeness (QED) is 0.591. The molecule has 3 saturated carbocycles. The summed E-state index contributed by atoms with van der Waals surface area (Å²) < 4.78 is 5.27. The molecule has 1 aromatic carbocycles. The topological polar surface area (TPSA) is 125 Å². The number of Topliss-reactive ketones (excluding diaryl/α,β-unsaturated/α-hetero) is 1. The number of nitriles is 1. The summed E-state index contributed by atoms with van der Waals surface area (Å²) >= 11 is 0. The molecule has 4 aliphatic rings. The lowest BCUT2D eigenvalue weighted by molar-refractivity contribution is -0.181. The lowest BCUT2D eigenvalue weighted by Gasteiger charge is -2.59. The molecular formula is C30H33NO6. The van der Waals surface area contributed by atoms with Crippen LogP contribution in [0.25, 0.3) is 0 Å². The number of hydrogen-bond donors (Lipinski definition) is 2. The largest absolute Gasteiger partial charge is 0.457 e. The number of aliphatic hydroxyl groups is 2. The van der Waals surface area contributed by atoms with E-state index in [4.69, 9.17) is 10.00 Å². The summed E-state index contributed by atoms with van der Waals surface area (Å²) in [6.45, 7) is 3.46. The van der Waals surface area contributed by atoms with E-state index in [2.05, 4.69) is 6.92 Å². The van der Waals surface area contributed by atoms with Crippen molar-refractivity contribution in [3.05, 3.63) is 59.2 Å². The van der Waals surface area contributed by atoms with Gasteiger partial charge in [-0.05, 0) is 73.8 Å². The van der Waals surface area contributed by atoms with Crippen molar-refractivity contribution >= 4 is 17.5 Å². The van der Waals surface area contributed by atoms with Crippen molar-refractivity contribution in [2.45, 2.75) is 64.1 Å². The van der Waals surface area contributed by atoms with Gasteiger partial charge in [0.05, 0.1) is 24.2 Å². The molecule has 37 heavy (non-hydrogen) atoms. The molecule has 194 valence electrons. The maximum absolute atomic E-state index is 13.4. The van der Waals surface area contributed by atoms with Crippen LogP contribution in [0.1, 0.15) is 57.1 Å². The number of fused-ring (bicyclic) bond motifs is 5. The minimum absolute atomic E-state index is 0.0179. The van der Waals surface area contributed by atoms with Gasteiger partial charge < -0.3 is 14.9 Å².